The van der Waals surface area contributed by atoms with Crippen LogP contribution < -0.4 is 0 Å². The van der Waals surface area contributed by atoms with E-state index in [-0.39, 0.29) is 16.9 Å². The number of aromatic carboxylic acids is 1. The van der Waals surface area contributed by atoms with E-state index in [1.165, 1.54) is 24.8 Å². The summed E-state index contributed by atoms with van der Waals surface area (Å²) >= 11 is 6.98. The molecule has 5 heteroatoms. The average Bonchev–Trinajstić information content (AvgIpc) is 2.26. The minimum absolute atomic E-state index is 0.0347. The van der Waals surface area contributed by atoms with E-state index < -0.39 is 11.3 Å². The van der Waals surface area contributed by atoms with E-state index in [1.807, 2.05) is 0 Å². The van der Waals surface area contributed by atoms with Crippen molar-refractivity contribution in [2.45, 2.75) is 17.2 Å². The molecule has 0 fully saturated rings. The third-order valence-corrected chi connectivity index (χ3v) is 3.06. The Labute approximate surface area is 103 Å². The molecule has 0 radical (unpaired) electrons. The molecule has 0 saturated heterocycles. The summed E-state index contributed by atoms with van der Waals surface area (Å²) in [7, 11) is 0. The number of carbonyl (C=O) groups excluding carboxylic acids is 1. The van der Waals surface area contributed by atoms with Crippen LogP contribution in [0.3, 0.4) is 0 Å². The second-order valence-corrected chi connectivity index (χ2v) is 4.67. The normalized spacial score (nSPS) is 12.2. The SMILES string of the molecule is CSc1cccc(C(=O)C(C)Cl)c1C(=O)O. The van der Waals surface area contributed by atoms with E-state index in [2.05, 4.69) is 0 Å². The minimum atomic E-state index is -1.11. The van der Waals surface area contributed by atoms with Crippen LogP contribution in [0.2, 0.25) is 0 Å². The smallest absolute Gasteiger partial charge is 0.337 e. The summed E-state index contributed by atoms with van der Waals surface area (Å²) in [6.07, 6.45) is 1.76. The second-order valence-electron chi connectivity index (χ2n) is 3.17. The summed E-state index contributed by atoms with van der Waals surface area (Å²) in [5.41, 5.74) is 0.203. The Balaban J connectivity index is 3.39. The Kier molecular flexibility index (Phi) is 4.38. The van der Waals surface area contributed by atoms with Crippen molar-refractivity contribution in [3.63, 3.8) is 0 Å². The standard InChI is InChI=1S/C11H11ClO3S/c1-6(12)10(13)7-4-3-5-8(16-2)9(7)11(14)15/h3-6H,1-2H3,(H,14,15). The first-order valence-corrected chi connectivity index (χ1v) is 6.23. The highest BCUT2D eigenvalue weighted by molar-refractivity contribution is 7.98. The van der Waals surface area contributed by atoms with E-state index in [0.29, 0.717) is 4.90 Å². The average molecular weight is 259 g/mol. The Morgan fingerprint density at radius 1 is 1.44 bits per heavy atom. The largest absolute Gasteiger partial charge is 0.478 e. The lowest BCUT2D eigenvalue weighted by Gasteiger charge is -2.09. The van der Waals surface area contributed by atoms with Gasteiger partial charge in [-0.1, -0.05) is 12.1 Å². The molecule has 0 amide bonds. The summed E-state index contributed by atoms with van der Waals surface area (Å²) < 4.78 is 0. The number of hydrogen-bond donors (Lipinski definition) is 1. The molecule has 1 unspecified atom stereocenters. The Hall–Kier alpha value is -1.00. The molecule has 1 aromatic carbocycles. The summed E-state index contributed by atoms with van der Waals surface area (Å²) in [6.45, 7) is 1.53. The fraction of sp³-hybridized carbons (Fsp3) is 0.273. The molecule has 1 N–H and O–H groups in total. The van der Waals surface area contributed by atoms with Gasteiger partial charge in [0.15, 0.2) is 5.78 Å². The predicted molar refractivity (Wildman–Crippen MR) is 64.8 cm³/mol. The zero-order valence-electron chi connectivity index (χ0n) is 8.86. The van der Waals surface area contributed by atoms with E-state index in [1.54, 1.807) is 18.4 Å². The number of Topliss-reactive ketones (excluding diaryl/α,β-unsaturated/α-hetero) is 1. The second kappa shape index (κ2) is 5.37. The van der Waals surface area contributed by atoms with Crippen LogP contribution in [-0.4, -0.2) is 28.5 Å². The molecule has 0 aliphatic heterocycles. The van der Waals surface area contributed by atoms with Crippen molar-refractivity contribution in [2.75, 3.05) is 6.26 Å². The van der Waals surface area contributed by atoms with Gasteiger partial charge in [0.2, 0.25) is 0 Å². The first-order valence-electron chi connectivity index (χ1n) is 4.57. The topological polar surface area (TPSA) is 54.4 Å². The number of rotatable bonds is 4. The van der Waals surface area contributed by atoms with Crippen molar-refractivity contribution in [3.8, 4) is 0 Å². The zero-order chi connectivity index (χ0) is 12.3. The van der Waals surface area contributed by atoms with Crippen LogP contribution in [0.5, 0.6) is 0 Å². The molecular weight excluding hydrogens is 248 g/mol. The van der Waals surface area contributed by atoms with Crippen LogP contribution in [0.25, 0.3) is 0 Å². The van der Waals surface area contributed by atoms with Gasteiger partial charge in [-0.05, 0) is 19.2 Å². The number of ketones is 1. The van der Waals surface area contributed by atoms with Crippen molar-refractivity contribution >= 4 is 35.1 Å². The number of halogens is 1. The fourth-order valence-corrected chi connectivity index (χ4v) is 2.08. The summed E-state index contributed by atoms with van der Waals surface area (Å²) in [5, 5.41) is 8.37. The quantitative estimate of drug-likeness (QED) is 0.513. The van der Waals surface area contributed by atoms with Crippen LogP contribution in [0, 0.1) is 0 Å². The van der Waals surface area contributed by atoms with Gasteiger partial charge >= 0.3 is 5.97 Å². The van der Waals surface area contributed by atoms with E-state index in [4.69, 9.17) is 16.7 Å². The maximum absolute atomic E-state index is 11.7. The first kappa shape index (κ1) is 13.1. The predicted octanol–water partition coefficient (Wildman–Crippen LogP) is 2.92. The number of alkyl halides is 1. The van der Waals surface area contributed by atoms with Gasteiger partial charge in [-0.2, -0.15) is 0 Å². The third kappa shape index (κ3) is 2.57. The maximum atomic E-state index is 11.7. The Bertz CT molecular complexity index is 429. The summed E-state index contributed by atoms with van der Waals surface area (Å²) in [5.74, 6) is -1.47. The zero-order valence-corrected chi connectivity index (χ0v) is 10.4. The van der Waals surface area contributed by atoms with E-state index in [0.717, 1.165) is 0 Å². The van der Waals surface area contributed by atoms with Crippen molar-refractivity contribution in [3.05, 3.63) is 29.3 Å². The summed E-state index contributed by atoms with van der Waals surface area (Å²) in [4.78, 5) is 23.4. The molecule has 86 valence electrons. The molecule has 0 aromatic heterocycles. The van der Waals surface area contributed by atoms with Gasteiger partial charge in [0, 0.05) is 10.5 Å². The number of carboxylic acid groups (broad SMARTS) is 1. The lowest BCUT2D eigenvalue weighted by Crippen LogP contribution is -2.16. The lowest BCUT2D eigenvalue weighted by molar-refractivity contribution is 0.0688. The molecule has 3 nitrogen and oxygen atoms in total. The number of carbonyl (C=O) groups is 2. The first-order chi connectivity index (χ1) is 7.49. The van der Waals surface area contributed by atoms with E-state index >= 15 is 0 Å². The maximum Gasteiger partial charge on any atom is 0.337 e. The monoisotopic (exact) mass is 258 g/mol. The third-order valence-electron chi connectivity index (χ3n) is 2.09. The van der Waals surface area contributed by atoms with Crippen molar-refractivity contribution < 1.29 is 14.7 Å². The van der Waals surface area contributed by atoms with Gasteiger partial charge < -0.3 is 5.11 Å². The summed E-state index contributed by atoms with van der Waals surface area (Å²) in [6, 6.07) is 4.82. The van der Waals surface area contributed by atoms with Crippen LogP contribution in [0.1, 0.15) is 27.6 Å². The van der Waals surface area contributed by atoms with Gasteiger partial charge in [-0.3, -0.25) is 4.79 Å². The molecule has 1 rings (SSSR count). The molecule has 0 heterocycles. The van der Waals surface area contributed by atoms with Gasteiger partial charge in [-0.15, -0.1) is 23.4 Å². The van der Waals surface area contributed by atoms with Crippen molar-refractivity contribution in [1.82, 2.24) is 0 Å². The highest BCUT2D eigenvalue weighted by atomic mass is 35.5. The van der Waals surface area contributed by atoms with E-state index in [9.17, 15) is 9.59 Å². The highest BCUT2D eigenvalue weighted by Gasteiger charge is 2.22. The molecule has 0 aliphatic rings. The van der Waals surface area contributed by atoms with Crippen LogP contribution in [0.4, 0.5) is 0 Å². The molecule has 1 atom stereocenters. The van der Waals surface area contributed by atoms with Crippen molar-refractivity contribution in [2.24, 2.45) is 0 Å². The molecule has 16 heavy (non-hydrogen) atoms. The molecule has 0 saturated carbocycles. The van der Waals surface area contributed by atoms with Gasteiger partial charge in [0.1, 0.15) is 0 Å². The number of hydrogen-bond acceptors (Lipinski definition) is 3. The number of thioether (sulfide) groups is 1. The molecular formula is C11H11ClO3S. The number of benzene rings is 1. The highest BCUT2D eigenvalue weighted by Crippen LogP contribution is 2.25. The van der Waals surface area contributed by atoms with Crippen molar-refractivity contribution in [1.29, 1.82) is 0 Å². The van der Waals surface area contributed by atoms with Crippen LogP contribution in [-0.2, 0) is 0 Å². The molecule has 1 aromatic rings. The number of carboxylic acids is 1. The molecule has 0 spiro atoms. The lowest BCUT2D eigenvalue weighted by atomic mass is 10.0. The van der Waals surface area contributed by atoms with Gasteiger partial charge in [-0.25, -0.2) is 4.79 Å². The molecule has 0 aliphatic carbocycles. The Morgan fingerprint density at radius 2 is 2.06 bits per heavy atom. The van der Waals surface area contributed by atoms with Crippen LogP contribution in [0.15, 0.2) is 23.1 Å². The minimum Gasteiger partial charge on any atom is -0.478 e. The fourth-order valence-electron chi connectivity index (χ4n) is 1.34. The Morgan fingerprint density at radius 3 is 2.50 bits per heavy atom. The van der Waals surface area contributed by atoms with Gasteiger partial charge in [0.25, 0.3) is 0 Å². The molecule has 0 bridgehead atoms. The van der Waals surface area contributed by atoms with Crippen LogP contribution >= 0.6 is 23.4 Å². The van der Waals surface area contributed by atoms with Gasteiger partial charge in [0.05, 0.1) is 10.9 Å².